The number of benzene rings is 1. The number of aryl methyl sites for hydroxylation is 1. The Morgan fingerprint density at radius 2 is 1.81 bits per heavy atom. The molecule has 0 aliphatic carbocycles. The Hall–Kier alpha value is -1.80. The van der Waals surface area contributed by atoms with Crippen LogP contribution in [0, 0.1) is 6.92 Å². The molecule has 0 unspecified atom stereocenters. The summed E-state index contributed by atoms with van der Waals surface area (Å²) in [5.41, 5.74) is 2.48. The quantitative estimate of drug-likeness (QED) is 0.337. The lowest BCUT2D eigenvalue weighted by Crippen LogP contribution is -2.42. The van der Waals surface area contributed by atoms with Gasteiger partial charge in [-0.15, -0.1) is 0 Å². The first-order valence-corrected chi connectivity index (χ1v) is 11.4. The van der Waals surface area contributed by atoms with Crippen LogP contribution in [0.4, 0.5) is 5.69 Å². The van der Waals surface area contributed by atoms with Crippen LogP contribution in [0.15, 0.2) is 29.3 Å². The fourth-order valence-corrected chi connectivity index (χ4v) is 3.77. The minimum Gasteiger partial charge on any atom is -0.370 e. The van der Waals surface area contributed by atoms with Gasteiger partial charge in [-0.3, -0.25) is 4.99 Å². The Morgan fingerprint density at radius 1 is 1.11 bits per heavy atom. The Kier molecular flexibility index (Phi) is 10.2. The molecule has 7 nitrogen and oxygen atoms in total. The molecule has 0 saturated heterocycles. The van der Waals surface area contributed by atoms with Crippen molar-refractivity contribution in [3.8, 4) is 0 Å². The average Bonchev–Trinajstić information content (AvgIpc) is 2.62. The Balaban J connectivity index is 2.37. The second-order valence-electron chi connectivity index (χ2n) is 6.45. The molecule has 0 spiro atoms. The molecule has 0 aromatic heterocycles. The first-order chi connectivity index (χ1) is 12.8. The van der Waals surface area contributed by atoms with E-state index in [9.17, 15) is 8.42 Å². The molecule has 0 amide bonds. The molecule has 0 atom stereocenters. The number of rotatable bonds is 11. The fourth-order valence-electron chi connectivity index (χ4n) is 2.84. The van der Waals surface area contributed by atoms with E-state index >= 15 is 0 Å². The number of nitrogens with zero attached hydrogens (tertiary/aromatic N) is 3. The van der Waals surface area contributed by atoms with Crippen LogP contribution in [-0.2, 0) is 10.0 Å². The standard InChI is InChI=1S/C19H35N5O2S/c1-6-23(18-11-8-10-17(3)16-18)15-13-22-19(20-4)21-12-9-14-24(7-2)27(5,25)26/h8,10-11,16H,6-7,9,12-15H2,1-5H3,(H2,20,21,22). The van der Waals surface area contributed by atoms with Crippen molar-refractivity contribution in [3.05, 3.63) is 29.8 Å². The number of hydrogen-bond acceptors (Lipinski definition) is 4. The van der Waals surface area contributed by atoms with Crippen molar-refractivity contribution in [3.63, 3.8) is 0 Å². The van der Waals surface area contributed by atoms with Crippen LogP contribution < -0.4 is 15.5 Å². The minimum atomic E-state index is -3.12. The summed E-state index contributed by atoms with van der Waals surface area (Å²) in [4.78, 5) is 6.55. The van der Waals surface area contributed by atoms with Gasteiger partial charge in [0.2, 0.25) is 10.0 Å². The first kappa shape index (κ1) is 23.2. The zero-order chi connectivity index (χ0) is 20.3. The molecule has 8 heteroatoms. The van der Waals surface area contributed by atoms with E-state index in [0.29, 0.717) is 19.6 Å². The van der Waals surface area contributed by atoms with Crippen molar-refractivity contribution in [2.24, 2.45) is 4.99 Å². The number of aliphatic imine (C=N–C) groups is 1. The molecule has 0 saturated carbocycles. The molecule has 2 N–H and O–H groups in total. The van der Waals surface area contributed by atoms with E-state index in [1.54, 1.807) is 7.05 Å². The zero-order valence-corrected chi connectivity index (χ0v) is 18.1. The van der Waals surface area contributed by atoms with Gasteiger partial charge in [-0.1, -0.05) is 19.1 Å². The highest BCUT2D eigenvalue weighted by atomic mass is 32.2. The van der Waals surface area contributed by atoms with Crippen LogP contribution in [0.3, 0.4) is 0 Å². The second-order valence-corrected chi connectivity index (χ2v) is 8.44. The number of hydrogen-bond donors (Lipinski definition) is 2. The molecule has 154 valence electrons. The number of nitrogens with one attached hydrogen (secondary N) is 2. The summed E-state index contributed by atoms with van der Waals surface area (Å²) in [6, 6.07) is 8.50. The summed E-state index contributed by atoms with van der Waals surface area (Å²) >= 11 is 0. The maximum Gasteiger partial charge on any atom is 0.211 e. The van der Waals surface area contributed by atoms with E-state index in [1.807, 2.05) is 6.92 Å². The van der Waals surface area contributed by atoms with Gasteiger partial charge in [0.15, 0.2) is 5.96 Å². The smallest absolute Gasteiger partial charge is 0.211 e. The second kappa shape index (κ2) is 11.8. The number of likely N-dealkylation sites (N-methyl/N-ethyl adjacent to an activating group) is 1. The van der Waals surface area contributed by atoms with Gasteiger partial charge in [0.1, 0.15) is 0 Å². The number of guanidine groups is 1. The third kappa shape index (κ3) is 8.62. The highest BCUT2D eigenvalue weighted by Gasteiger charge is 2.13. The van der Waals surface area contributed by atoms with Gasteiger partial charge in [0, 0.05) is 52.0 Å². The number of sulfonamides is 1. The molecule has 0 aliphatic rings. The molecule has 0 heterocycles. The third-order valence-electron chi connectivity index (χ3n) is 4.34. The van der Waals surface area contributed by atoms with Gasteiger partial charge in [-0.25, -0.2) is 12.7 Å². The Labute approximate surface area is 164 Å². The summed E-state index contributed by atoms with van der Waals surface area (Å²) < 4.78 is 24.6. The van der Waals surface area contributed by atoms with Crippen LogP contribution in [0.1, 0.15) is 25.8 Å². The molecule has 27 heavy (non-hydrogen) atoms. The molecule has 1 rings (SSSR count). The number of anilines is 1. The lowest BCUT2D eigenvalue weighted by atomic mass is 10.2. The lowest BCUT2D eigenvalue weighted by molar-refractivity contribution is 0.424. The zero-order valence-electron chi connectivity index (χ0n) is 17.3. The van der Waals surface area contributed by atoms with Crippen molar-refractivity contribution in [2.45, 2.75) is 27.2 Å². The van der Waals surface area contributed by atoms with Gasteiger partial charge < -0.3 is 15.5 Å². The molecule has 0 aliphatic heterocycles. The van der Waals surface area contributed by atoms with Gasteiger partial charge >= 0.3 is 0 Å². The van der Waals surface area contributed by atoms with Gasteiger partial charge in [0.05, 0.1) is 6.26 Å². The summed E-state index contributed by atoms with van der Waals surface area (Å²) in [5.74, 6) is 0.734. The lowest BCUT2D eigenvalue weighted by Gasteiger charge is -2.24. The molecular formula is C19H35N5O2S. The summed E-state index contributed by atoms with van der Waals surface area (Å²) in [6.07, 6.45) is 1.98. The van der Waals surface area contributed by atoms with E-state index in [1.165, 1.54) is 21.8 Å². The van der Waals surface area contributed by atoms with Gasteiger partial charge in [-0.05, 0) is 38.0 Å². The first-order valence-electron chi connectivity index (χ1n) is 9.53. The SMILES string of the molecule is CCN(CCNC(=NC)NCCCN(CC)S(C)(=O)=O)c1cccc(C)c1. The summed E-state index contributed by atoms with van der Waals surface area (Å²) in [6.45, 7) is 10.4. The maximum absolute atomic E-state index is 11.6. The maximum atomic E-state index is 11.6. The normalized spacial score (nSPS) is 12.3. The highest BCUT2D eigenvalue weighted by molar-refractivity contribution is 7.88. The molecule has 0 radical (unpaired) electrons. The Bertz CT molecular complexity index is 691. The largest absolute Gasteiger partial charge is 0.370 e. The van der Waals surface area contributed by atoms with Gasteiger partial charge in [-0.2, -0.15) is 0 Å². The topological polar surface area (TPSA) is 77.0 Å². The highest BCUT2D eigenvalue weighted by Crippen LogP contribution is 2.14. The van der Waals surface area contributed by atoms with E-state index < -0.39 is 10.0 Å². The van der Waals surface area contributed by atoms with E-state index in [2.05, 4.69) is 58.6 Å². The van der Waals surface area contributed by atoms with Crippen molar-refractivity contribution in [1.82, 2.24) is 14.9 Å². The van der Waals surface area contributed by atoms with Crippen LogP contribution in [0.2, 0.25) is 0 Å². The average molecular weight is 398 g/mol. The van der Waals surface area contributed by atoms with Crippen molar-refractivity contribution < 1.29 is 8.42 Å². The predicted molar refractivity (Wildman–Crippen MR) is 115 cm³/mol. The van der Waals surface area contributed by atoms with Crippen molar-refractivity contribution >= 4 is 21.7 Å². The van der Waals surface area contributed by atoms with Gasteiger partial charge in [0.25, 0.3) is 0 Å². The fraction of sp³-hybridized carbons (Fsp3) is 0.632. The Morgan fingerprint density at radius 3 is 2.37 bits per heavy atom. The third-order valence-corrected chi connectivity index (χ3v) is 5.72. The van der Waals surface area contributed by atoms with Crippen molar-refractivity contribution in [2.75, 3.05) is 57.5 Å². The predicted octanol–water partition coefficient (Wildman–Crippen LogP) is 1.66. The summed E-state index contributed by atoms with van der Waals surface area (Å²) in [7, 11) is -1.38. The monoisotopic (exact) mass is 397 g/mol. The molecule has 1 aromatic rings. The van der Waals surface area contributed by atoms with Crippen LogP contribution in [-0.4, -0.2) is 71.3 Å². The van der Waals surface area contributed by atoms with Crippen LogP contribution in [0.25, 0.3) is 0 Å². The van der Waals surface area contributed by atoms with E-state index in [0.717, 1.165) is 32.0 Å². The molecule has 0 fully saturated rings. The van der Waals surface area contributed by atoms with Crippen LogP contribution >= 0.6 is 0 Å². The van der Waals surface area contributed by atoms with Crippen LogP contribution in [0.5, 0.6) is 0 Å². The molecule has 0 bridgehead atoms. The molecule has 1 aromatic carbocycles. The van der Waals surface area contributed by atoms with E-state index in [-0.39, 0.29) is 0 Å². The molecular weight excluding hydrogens is 362 g/mol. The minimum absolute atomic E-state index is 0.498. The summed E-state index contributed by atoms with van der Waals surface area (Å²) in [5, 5.41) is 6.56. The van der Waals surface area contributed by atoms with Crippen molar-refractivity contribution in [1.29, 1.82) is 0 Å². The van der Waals surface area contributed by atoms with E-state index in [4.69, 9.17) is 0 Å².